The van der Waals surface area contributed by atoms with Gasteiger partial charge in [-0.3, -0.25) is 4.79 Å². The molecule has 2 unspecified atom stereocenters. The van der Waals surface area contributed by atoms with Crippen molar-refractivity contribution in [2.24, 2.45) is 0 Å². The van der Waals surface area contributed by atoms with Crippen LogP contribution in [0.4, 0.5) is 10.1 Å². The number of aliphatic hydroxyl groups is 2. The molecule has 5 nitrogen and oxygen atoms in total. The van der Waals surface area contributed by atoms with Crippen LogP contribution in [0.5, 0.6) is 0 Å². The van der Waals surface area contributed by atoms with Crippen LogP contribution in [0.1, 0.15) is 18.1 Å². The quantitative estimate of drug-likeness (QED) is 0.524. The van der Waals surface area contributed by atoms with Gasteiger partial charge in [-0.05, 0) is 17.7 Å². The molecule has 0 fully saturated rings. The number of rotatable bonds is 4. The summed E-state index contributed by atoms with van der Waals surface area (Å²) in [4.78, 5) is 10.9. The second kappa shape index (κ2) is 5.60. The van der Waals surface area contributed by atoms with E-state index in [-0.39, 0.29) is 17.7 Å². The molecule has 0 saturated carbocycles. The van der Waals surface area contributed by atoms with Gasteiger partial charge >= 0.3 is 5.97 Å². The molecule has 1 aromatic rings. The number of ether oxygens (including phenoxy) is 1. The Bertz CT molecular complexity index is 410. The molecule has 1 aromatic carbocycles. The summed E-state index contributed by atoms with van der Waals surface area (Å²) >= 11 is 0. The van der Waals surface area contributed by atoms with Crippen LogP contribution in [0.2, 0.25) is 0 Å². The third-order valence-electron chi connectivity index (χ3n) is 2.33. The number of carbonyl (C=O) groups is 1. The molecule has 0 bridgehead atoms. The van der Waals surface area contributed by atoms with E-state index >= 15 is 0 Å². The second-order valence-electron chi connectivity index (χ2n) is 3.57. The summed E-state index contributed by atoms with van der Waals surface area (Å²) in [6, 6.07) is 3.67. The molecule has 1 rings (SSSR count). The molecule has 4 N–H and O–H groups in total. The Kier molecular flexibility index (Phi) is 4.42. The molecular formula is C11H14FNO4. The minimum Gasteiger partial charge on any atom is -0.469 e. The molecule has 0 radical (unpaired) electrons. The second-order valence-corrected chi connectivity index (χ2v) is 3.57. The number of methoxy groups -OCH3 is 1. The summed E-state index contributed by atoms with van der Waals surface area (Å²) in [5, 5.41) is 19.2. The summed E-state index contributed by atoms with van der Waals surface area (Å²) in [6.45, 7) is 0. The number of nitrogen functional groups attached to an aromatic ring is 1. The largest absolute Gasteiger partial charge is 0.469 e. The molecule has 17 heavy (non-hydrogen) atoms. The van der Waals surface area contributed by atoms with E-state index in [4.69, 9.17) is 5.73 Å². The minimum atomic E-state index is -1.37. The van der Waals surface area contributed by atoms with Crippen molar-refractivity contribution in [3.05, 3.63) is 29.6 Å². The van der Waals surface area contributed by atoms with Crippen molar-refractivity contribution in [3.8, 4) is 0 Å². The molecule has 2 atom stereocenters. The molecule has 0 aromatic heterocycles. The predicted molar refractivity (Wildman–Crippen MR) is 58.4 cm³/mol. The number of aliphatic hydroxyl groups excluding tert-OH is 2. The van der Waals surface area contributed by atoms with Gasteiger partial charge in [-0.2, -0.15) is 0 Å². The average Bonchev–Trinajstić information content (AvgIpc) is 2.31. The summed E-state index contributed by atoms with van der Waals surface area (Å²) in [7, 11) is 1.17. The third kappa shape index (κ3) is 3.40. The topological polar surface area (TPSA) is 92.8 Å². The Balaban J connectivity index is 2.77. The van der Waals surface area contributed by atoms with Crippen LogP contribution in [0.3, 0.4) is 0 Å². The SMILES string of the molecule is COC(=O)CC(O)C(O)c1ccc(N)c(F)c1. The number of benzene rings is 1. The van der Waals surface area contributed by atoms with E-state index in [0.717, 1.165) is 6.07 Å². The van der Waals surface area contributed by atoms with E-state index in [2.05, 4.69) is 4.74 Å². The van der Waals surface area contributed by atoms with Crippen molar-refractivity contribution in [2.45, 2.75) is 18.6 Å². The van der Waals surface area contributed by atoms with E-state index in [9.17, 15) is 19.4 Å². The molecule has 0 aliphatic heterocycles. The van der Waals surface area contributed by atoms with Gasteiger partial charge < -0.3 is 20.7 Å². The van der Waals surface area contributed by atoms with Gasteiger partial charge in [0.15, 0.2) is 0 Å². The highest BCUT2D eigenvalue weighted by Gasteiger charge is 2.22. The summed E-state index contributed by atoms with van der Waals surface area (Å²) in [6.07, 6.45) is -3.10. The predicted octanol–water partition coefficient (Wildman–Crippen LogP) is 0.365. The van der Waals surface area contributed by atoms with Gasteiger partial charge in [0, 0.05) is 0 Å². The van der Waals surface area contributed by atoms with Crippen LogP contribution in [-0.2, 0) is 9.53 Å². The highest BCUT2D eigenvalue weighted by atomic mass is 19.1. The van der Waals surface area contributed by atoms with Gasteiger partial charge in [-0.1, -0.05) is 6.07 Å². The minimum absolute atomic E-state index is 0.0524. The highest BCUT2D eigenvalue weighted by Crippen LogP contribution is 2.22. The smallest absolute Gasteiger partial charge is 0.308 e. The van der Waals surface area contributed by atoms with Crippen LogP contribution in [-0.4, -0.2) is 29.4 Å². The normalized spacial score (nSPS) is 14.1. The standard InChI is InChI=1S/C11H14FNO4/c1-17-10(15)5-9(14)11(16)6-2-3-8(13)7(12)4-6/h2-4,9,11,14,16H,5,13H2,1H3. The van der Waals surface area contributed by atoms with E-state index in [1.54, 1.807) is 0 Å². The zero-order valence-corrected chi connectivity index (χ0v) is 9.26. The molecule has 0 aliphatic carbocycles. The molecule has 0 spiro atoms. The molecular weight excluding hydrogens is 229 g/mol. The lowest BCUT2D eigenvalue weighted by Crippen LogP contribution is -2.22. The van der Waals surface area contributed by atoms with Crippen LogP contribution in [0.25, 0.3) is 0 Å². The maximum Gasteiger partial charge on any atom is 0.308 e. The van der Waals surface area contributed by atoms with E-state index < -0.39 is 24.0 Å². The Morgan fingerprint density at radius 3 is 2.71 bits per heavy atom. The first-order valence-corrected chi connectivity index (χ1v) is 4.93. The van der Waals surface area contributed by atoms with Gasteiger partial charge in [-0.15, -0.1) is 0 Å². The highest BCUT2D eigenvalue weighted by molar-refractivity contribution is 5.69. The van der Waals surface area contributed by atoms with Crippen molar-refractivity contribution in [1.29, 1.82) is 0 Å². The molecule has 0 saturated heterocycles. The average molecular weight is 243 g/mol. The Morgan fingerprint density at radius 1 is 1.53 bits per heavy atom. The first kappa shape index (κ1) is 13.4. The summed E-state index contributed by atoms with van der Waals surface area (Å²) in [5.74, 6) is -1.35. The molecule has 0 heterocycles. The van der Waals surface area contributed by atoms with E-state index in [0.29, 0.717) is 0 Å². The number of anilines is 1. The number of hydrogen-bond acceptors (Lipinski definition) is 5. The summed E-state index contributed by atoms with van der Waals surface area (Å²) in [5.41, 5.74) is 5.37. The lowest BCUT2D eigenvalue weighted by Gasteiger charge is -2.17. The number of halogens is 1. The van der Waals surface area contributed by atoms with Crippen LogP contribution < -0.4 is 5.73 Å². The maximum absolute atomic E-state index is 13.1. The van der Waals surface area contributed by atoms with Gasteiger partial charge in [0.2, 0.25) is 0 Å². The Hall–Kier alpha value is -1.66. The van der Waals surface area contributed by atoms with Gasteiger partial charge in [0.05, 0.1) is 25.3 Å². The lowest BCUT2D eigenvalue weighted by atomic mass is 10.0. The van der Waals surface area contributed by atoms with Crippen LogP contribution in [0, 0.1) is 5.82 Å². The third-order valence-corrected chi connectivity index (χ3v) is 2.33. The first-order chi connectivity index (χ1) is 7.95. The van der Waals surface area contributed by atoms with Crippen molar-refractivity contribution in [3.63, 3.8) is 0 Å². The number of carbonyl (C=O) groups excluding carboxylic acids is 1. The number of esters is 1. The van der Waals surface area contributed by atoms with E-state index in [1.165, 1.54) is 19.2 Å². The lowest BCUT2D eigenvalue weighted by molar-refractivity contribution is -0.144. The van der Waals surface area contributed by atoms with Gasteiger partial charge in [0.1, 0.15) is 11.9 Å². The molecule has 94 valence electrons. The van der Waals surface area contributed by atoms with Gasteiger partial charge in [0.25, 0.3) is 0 Å². The van der Waals surface area contributed by atoms with Gasteiger partial charge in [-0.25, -0.2) is 4.39 Å². The fourth-order valence-corrected chi connectivity index (χ4v) is 1.32. The van der Waals surface area contributed by atoms with Crippen LogP contribution >= 0.6 is 0 Å². The van der Waals surface area contributed by atoms with Crippen molar-refractivity contribution in [1.82, 2.24) is 0 Å². The molecule has 6 heteroatoms. The number of hydrogen-bond donors (Lipinski definition) is 3. The fraction of sp³-hybridized carbons (Fsp3) is 0.364. The van der Waals surface area contributed by atoms with Crippen LogP contribution in [0.15, 0.2) is 18.2 Å². The zero-order valence-electron chi connectivity index (χ0n) is 9.26. The van der Waals surface area contributed by atoms with E-state index in [1.807, 2.05) is 0 Å². The van der Waals surface area contributed by atoms with Crippen molar-refractivity contribution >= 4 is 11.7 Å². The maximum atomic E-state index is 13.1. The number of nitrogens with two attached hydrogens (primary N) is 1. The zero-order chi connectivity index (χ0) is 13.0. The molecule has 0 aliphatic rings. The van der Waals surface area contributed by atoms with Crippen molar-refractivity contribution in [2.75, 3.05) is 12.8 Å². The molecule has 0 amide bonds. The van der Waals surface area contributed by atoms with Crippen molar-refractivity contribution < 1.29 is 24.1 Å². The fourth-order valence-electron chi connectivity index (χ4n) is 1.32. The first-order valence-electron chi connectivity index (χ1n) is 4.93. The Morgan fingerprint density at radius 2 is 2.18 bits per heavy atom. The monoisotopic (exact) mass is 243 g/mol. The summed E-state index contributed by atoms with van der Waals surface area (Å²) < 4.78 is 17.5. The Labute approximate surface area is 97.6 Å².